The number of benzene rings is 2. The highest BCUT2D eigenvalue weighted by Crippen LogP contribution is 2.40. The van der Waals surface area contributed by atoms with Crippen LogP contribution in [0.3, 0.4) is 0 Å². The first-order valence-corrected chi connectivity index (χ1v) is 12.3. The molecule has 0 radical (unpaired) electrons. The number of carbonyl (C=O) groups excluding carboxylic acids is 2. The Bertz CT molecular complexity index is 973. The minimum absolute atomic E-state index is 0.00681. The molecular formula is C27H35N3O5. The summed E-state index contributed by atoms with van der Waals surface area (Å²) in [4.78, 5) is 30.7. The number of hydrogen-bond acceptors (Lipinski definition) is 6. The number of hydrogen-bond donors (Lipinski definition) is 1. The number of piperidine rings is 1. The lowest BCUT2D eigenvalue weighted by Gasteiger charge is -2.41. The summed E-state index contributed by atoms with van der Waals surface area (Å²) in [5, 5.41) is 3.14. The van der Waals surface area contributed by atoms with Crippen LogP contribution in [-0.4, -0.2) is 70.3 Å². The summed E-state index contributed by atoms with van der Waals surface area (Å²) in [6.07, 6.45) is 1.72. The maximum absolute atomic E-state index is 13.4. The number of methoxy groups -OCH3 is 2. The summed E-state index contributed by atoms with van der Waals surface area (Å²) < 4.78 is 16.0. The highest BCUT2D eigenvalue weighted by molar-refractivity contribution is 5.97. The molecule has 2 aromatic carbocycles. The van der Waals surface area contributed by atoms with Crippen LogP contribution in [-0.2, 0) is 14.3 Å². The maximum atomic E-state index is 13.4. The van der Waals surface area contributed by atoms with Gasteiger partial charge < -0.3 is 24.4 Å². The molecule has 0 saturated carbocycles. The van der Waals surface area contributed by atoms with Crippen LogP contribution in [0.4, 0.5) is 5.69 Å². The molecule has 8 nitrogen and oxygen atoms in total. The zero-order chi connectivity index (χ0) is 24.6. The van der Waals surface area contributed by atoms with Gasteiger partial charge in [0.05, 0.1) is 39.4 Å². The van der Waals surface area contributed by atoms with Crippen LogP contribution in [0.15, 0.2) is 48.5 Å². The molecule has 2 saturated heterocycles. The number of nitrogens with zero attached hydrogens (tertiary/aromatic N) is 2. The smallest absolute Gasteiger partial charge is 0.227 e. The number of rotatable bonds is 9. The number of ether oxygens (including phenoxy) is 3. The van der Waals surface area contributed by atoms with E-state index in [1.807, 2.05) is 48.5 Å². The molecule has 2 aliphatic rings. The number of morpholine rings is 1. The van der Waals surface area contributed by atoms with Crippen molar-refractivity contribution in [3.05, 3.63) is 54.1 Å². The minimum atomic E-state index is -0.408. The molecule has 2 aliphatic heterocycles. The van der Waals surface area contributed by atoms with Crippen LogP contribution in [0.2, 0.25) is 0 Å². The lowest BCUT2D eigenvalue weighted by Crippen LogP contribution is -2.48. The Morgan fingerprint density at radius 2 is 1.63 bits per heavy atom. The Morgan fingerprint density at radius 3 is 2.26 bits per heavy atom. The van der Waals surface area contributed by atoms with Gasteiger partial charge in [-0.05, 0) is 61.3 Å². The first-order valence-electron chi connectivity index (χ1n) is 12.3. The number of anilines is 1. The van der Waals surface area contributed by atoms with E-state index >= 15 is 0 Å². The van der Waals surface area contributed by atoms with E-state index < -0.39 is 6.04 Å². The third kappa shape index (κ3) is 6.13. The van der Waals surface area contributed by atoms with Crippen molar-refractivity contribution in [2.45, 2.75) is 25.3 Å². The van der Waals surface area contributed by atoms with E-state index in [4.69, 9.17) is 14.2 Å². The predicted molar refractivity (Wildman–Crippen MR) is 134 cm³/mol. The van der Waals surface area contributed by atoms with Crippen molar-refractivity contribution >= 4 is 17.5 Å². The van der Waals surface area contributed by atoms with Crippen LogP contribution < -0.4 is 19.7 Å². The molecule has 188 valence electrons. The average Bonchev–Trinajstić information content (AvgIpc) is 2.91. The lowest BCUT2D eigenvalue weighted by atomic mass is 9.83. The van der Waals surface area contributed by atoms with Gasteiger partial charge in [-0.3, -0.25) is 14.5 Å². The van der Waals surface area contributed by atoms with E-state index in [0.29, 0.717) is 25.1 Å². The molecule has 0 aromatic heterocycles. The van der Waals surface area contributed by atoms with Crippen molar-refractivity contribution in [3.63, 3.8) is 0 Å². The minimum Gasteiger partial charge on any atom is -0.497 e. The summed E-state index contributed by atoms with van der Waals surface area (Å²) in [7, 11) is 3.23. The van der Waals surface area contributed by atoms with Crippen molar-refractivity contribution in [2.24, 2.45) is 5.92 Å². The van der Waals surface area contributed by atoms with E-state index in [-0.39, 0.29) is 17.7 Å². The first kappa shape index (κ1) is 25.0. The van der Waals surface area contributed by atoms with Crippen molar-refractivity contribution in [3.8, 4) is 11.5 Å². The van der Waals surface area contributed by atoms with Gasteiger partial charge in [0.2, 0.25) is 11.8 Å². The van der Waals surface area contributed by atoms with E-state index in [9.17, 15) is 9.59 Å². The standard InChI is InChI=1S/C27H35N3O5/c1-33-22-8-4-20(5-9-22)26-24(27(32)28-14-3-15-29-16-18-35-19-17-29)12-13-25(31)30(26)21-6-10-23(34-2)11-7-21/h4-11,24,26H,3,12-19H2,1-2H3,(H,28,32)/t24-,26+/m1/s1. The molecule has 8 heteroatoms. The van der Waals surface area contributed by atoms with Crippen LogP contribution in [0.1, 0.15) is 30.9 Å². The zero-order valence-electron chi connectivity index (χ0n) is 20.6. The average molecular weight is 482 g/mol. The molecule has 2 atom stereocenters. The van der Waals surface area contributed by atoms with E-state index in [1.54, 1.807) is 19.1 Å². The molecule has 2 heterocycles. The topological polar surface area (TPSA) is 80.3 Å². The molecule has 4 rings (SSSR count). The molecule has 0 bridgehead atoms. The van der Waals surface area contributed by atoms with E-state index in [1.165, 1.54) is 0 Å². The number of nitrogens with one attached hydrogen (secondary N) is 1. The normalized spacial score (nSPS) is 21.0. The second kappa shape index (κ2) is 12.0. The van der Waals surface area contributed by atoms with E-state index in [0.717, 1.165) is 56.3 Å². The fourth-order valence-electron chi connectivity index (χ4n) is 4.87. The fraction of sp³-hybridized carbons (Fsp3) is 0.481. The summed E-state index contributed by atoms with van der Waals surface area (Å²) in [6.45, 7) is 4.97. The Labute approximate surface area is 207 Å². The highest BCUT2D eigenvalue weighted by Gasteiger charge is 2.41. The van der Waals surface area contributed by atoms with Gasteiger partial charge in [0.15, 0.2) is 0 Å². The monoisotopic (exact) mass is 481 g/mol. The lowest BCUT2D eigenvalue weighted by molar-refractivity contribution is -0.129. The fourth-order valence-corrected chi connectivity index (χ4v) is 4.87. The Balaban J connectivity index is 1.52. The van der Waals surface area contributed by atoms with E-state index in [2.05, 4.69) is 10.2 Å². The molecule has 1 N–H and O–H groups in total. The van der Waals surface area contributed by atoms with Gasteiger partial charge in [0, 0.05) is 31.7 Å². The van der Waals surface area contributed by atoms with Crippen molar-refractivity contribution in [2.75, 3.05) is 58.5 Å². The van der Waals surface area contributed by atoms with Crippen LogP contribution in [0.5, 0.6) is 11.5 Å². The van der Waals surface area contributed by atoms with Crippen molar-refractivity contribution < 1.29 is 23.8 Å². The van der Waals surface area contributed by atoms with Gasteiger partial charge in [0.25, 0.3) is 0 Å². The van der Waals surface area contributed by atoms with Crippen molar-refractivity contribution in [1.82, 2.24) is 10.2 Å². The summed E-state index contributed by atoms with van der Waals surface area (Å²) in [5.41, 5.74) is 1.66. The SMILES string of the molecule is COc1ccc([C@H]2[C@H](C(=O)NCCCN3CCOCC3)CCC(=O)N2c2ccc(OC)cc2)cc1. The highest BCUT2D eigenvalue weighted by atomic mass is 16.5. The third-order valence-electron chi connectivity index (χ3n) is 6.80. The first-order chi connectivity index (χ1) is 17.1. The van der Waals surface area contributed by atoms with Gasteiger partial charge in [-0.25, -0.2) is 0 Å². The summed E-state index contributed by atoms with van der Waals surface area (Å²) in [5.74, 6) is 1.09. The molecular weight excluding hydrogens is 446 g/mol. The Kier molecular flexibility index (Phi) is 8.60. The molecule has 2 aromatic rings. The molecule has 35 heavy (non-hydrogen) atoms. The second-order valence-electron chi connectivity index (χ2n) is 8.92. The van der Waals surface area contributed by atoms with Crippen LogP contribution >= 0.6 is 0 Å². The molecule has 2 fully saturated rings. The second-order valence-corrected chi connectivity index (χ2v) is 8.92. The molecule has 0 unspecified atom stereocenters. The predicted octanol–water partition coefficient (Wildman–Crippen LogP) is 3.03. The maximum Gasteiger partial charge on any atom is 0.227 e. The number of carbonyl (C=O) groups is 2. The quantitative estimate of drug-likeness (QED) is 0.555. The van der Waals surface area contributed by atoms with Gasteiger partial charge in [0.1, 0.15) is 11.5 Å². The summed E-state index contributed by atoms with van der Waals surface area (Å²) in [6, 6.07) is 14.6. The van der Waals surface area contributed by atoms with Gasteiger partial charge >= 0.3 is 0 Å². The van der Waals surface area contributed by atoms with Crippen molar-refractivity contribution in [1.29, 1.82) is 0 Å². The summed E-state index contributed by atoms with van der Waals surface area (Å²) >= 11 is 0. The van der Waals surface area contributed by atoms with Crippen LogP contribution in [0.25, 0.3) is 0 Å². The number of amides is 2. The van der Waals surface area contributed by atoms with Gasteiger partial charge in [-0.2, -0.15) is 0 Å². The van der Waals surface area contributed by atoms with Crippen LogP contribution in [0, 0.1) is 5.92 Å². The third-order valence-corrected chi connectivity index (χ3v) is 6.80. The van der Waals surface area contributed by atoms with Gasteiger partial charge in [-0.1, -0.05) is 12.1 Å². The Hall–Kier alpha value is -3.10. The molecule has 0 spiro atoms. The molecule has 2 amide bonds. The zero-order valence-corrected chi connectivity index (χ0v) is 20.6. The molecule has 0 aliphatic carbocycles. The Morgan fingerprint density at radius 1 is 1.00 bits per heavy atom. The van der Waals surface area contributed by atoms with Gasteiger partial charge in [-0.15, -0.1) is 0 Å². The largest absolute Gasteiger partial charge is 0.497 e.